The minimum absolute atomic E-state index is 0.0137. The summed E-state index contributed by atoms with van der Waals surface area (Å²) in [6.45, 7) is 0. The molecule has 0 radical (unpaired) electrons. The molecule has 1 unspecified atom stereocenters. The van der Waals surface area contributed by atoms with Crippen LogP contribution in [-0.4, -0.2) is 23.2 Å². The Hall–Kier alpha value is -1.67. The molecule has 0 aromatic heterocycles. The van der Waals surface area contributed by atoms with E-state index in [1.165, 1.54) is 48.5 Å². The number of hydrogen-bond acceptors (Lipinski definition) is 4. The van der Waals surface area contributed by atoms with Crippen molar-refractivity contribution in [2.24, 2.45) is 0 Å². The number of halogens is 4. The quantitative estimate of drug-likeness (QED) is 0.239. The van der Waals surface area contributed by atoms with Crippen molar-refractivity contribution < 1.29 is 23.2 Å². The van der Waals surface area contributed by atoms with Gasteiger partial charge >= 0.3 is 0 Å². The van der Waals surface area contributed by atoms with Gasteiger partial charge in [0.25, 0.3) is 10.1 Å². The van der Waals surface area contributed by atoms with Crippen LogP contribution in [0.3, 0.4) is 0 Å². The van der Waals surface area contributed by atoms with Gasteiger partial charge in [0.2, 0.25) is 0 Å². The van der Waals surface area contributed by atoms with E-state index >= 15 is 0 Å². The second-order valence-corrected chi connectivity index (χ2v) is 9.23. The van der Waals surface area contributed by atoms with Crippen LogP contribution >= 0.6 is 46.4 Å². The maximum absolute atomic E-state index is 12.9. The van der Waals surface area contributed by atoms with Gasteiger partial charge in [0.1, 0.15) is 16.5 Å². The Labute approximate surface area is 186 Å². The van der Waals surface area contributed by atoms with Crippen molar-refractivity contribution in [3.63, 3.8) is 0 Å². The number of benzene rings is 3. The molecular formula is C19H12Cl4O5S. The zero-order chi connectivity index (χ0) is 21.6. The summed E-state index contributed by atoms with van der Waals surface area (Å²) >= 11 is 24.5. The van der Waals surface area contributed by atoms with Crippen molar-refractivity contribution in [2.45, 2.75) is 4.75 Å². The van der Waals surface area contributed by atoms with E-state index in [9.17, 15) is 23.2 Å². The molecule has 0 saturated heterocycles. The van der Waals surface area contributed by atoms with Crippen LogP contribution in [0, 0.1) is 0 Å². The van der Waals surface area contributed by atoms with Gasteiger partial charge in [0, 0.05) is 10.6 Å². The Morgan fingerprint density at radius 2 is 1.38 bits per heavy atom. The lowest BCUT2D eigenvalue weighted by atomic mass is 9.83. The predicted molar refractivity (Wildman–Crippen MR) is 114 cm³/mol. The fraction of sp³-hybridized carbons (Fsp3) is 0.0526. The van der Waals surface area contributed by atoms with Crippen LogP contribution in [0.25, 0.3) is 0 Å². The van der Waals surface area contributed by atoms with Crippen molar-refractivity contribution in [3.8, 4) is 11.5 Å². The summed E-state index contributed by atoms with van der Waals surface area (Å²) in [6, 6.07) is 11.8. The van der Waals surface area contributed by atoms with E-state index in [1.54, 1.807) is 0 Å². The summed E-state index contributed by atoms with van der Waals surface area (Å²) in [6.07, 6.45) is 0. The third kappa shape index (κ3) is 3.65. The summed E-state index contributed by atoms with van der Waals surface area (Å²) in [4.78, 5) is 0. The van der Waals surface area contributed by atoms with E-state index in [4.69, 9.17) is 46.4 Å². The Bertz CT molecular complexity index is 1200. The lowest BCUT2D eigenvalue weighted by Crippen LogP contribution is -2.38. The van der Waals surface area contributed by atoms with Crippen LogP contribution in [0.15, 0.2) is 54.6 Å². The zero-order valence-corrected chi connectivity index (χ0v) is 18.1. The second kappa shape index (κ2) is 7.87. The van der Waals surface area contributed by atoms with E-state index in [1.807, 2.05) is 0 Å². The average molecular weight is 494 g/mol. The van der Waals surface area contributed by atoms with E-state index in [0.29, 0.717) is 0 Å². The molecule has 0 spiro atoms. The standard InChI is InChI=1S/C19H12Cl4O5S/c20-12-3-1-2-11(8-12)19(29(26,27)28,10-4-6-13(24)7-5-10)14-9-15(25)17(22)18(23)16(14)21/h1-9,24-25H,(H,26,27,28). The van der Waals surface area contributed by atoms with E-state index in [2.05, 4.69) is 0 Å². The van der Waals surface area contributed by atoms with Crippen LogP contribution in [0.2, 0.25) is 20.1 Å². The van der Waals surface area contributed by atoms with Gasteiger partial charge in [0.05, 0.1) is 10.0 Å². The summed E-state index contributed by atoms with van der Waals surface area (Å²) in [5.74, 6) is -0.669. The van der Waals surface area contributed by atoms with Crippen LogP contribution in [0.4, 0.5) is 0 Å². The lowest BCUT2D eigenvalue weighted by Gasteiger charge is -2.33. The first kappa shape index (κ1) is 22.0. The maximum Gasteiger partial charge on any atom is 0.283 e. The van der Waals surface area contributed by atoms with Gasteiger partial charge in [0.15, 0.2) is 4.75 Å². The fourth-order valence-corrected chi connectivity index (χ4v) is 5.40. The molecule has 0 fully saturated rings. The summed E-state index contributed by atoms with van der Waals surface area (Å²) in [7, 11) is -5.02. The van der Waals surface area contributed by atoms with Crippen LogP contribution in [0.1, 0.15) is 16.7 Å². The monoisotopic (exact) mass is 492 g/mol. The molecule has 0 saturated carbocycles. The van der Waals surface area contributed by atoms with Crippen molar-refractivity contribution in [1.82, 2.24) is 0 Å². The van der Waals surface area contributed by atoms with Gasteiger partial charge in [-0.25, -0.2) is 0 Å². The van der Waals surface area contributed by atoms with Crippen LogP contribution in [0.5, 0.6) is 11.5 Å². The first-order valence-corrected chi connectivity index (χ1v) is 10.8. The van der Waals surface area contributed by atoms with Gasteiger partial charge in [-0.15, -0.1) is 0 Å². The zero-order valence-electron chi connectivity index (χ0n) is 14.3. The molecule has 3 rings (SSSR count). The molecule has 3 N–H and O–H groups in total. The van der Waals surface area contributed by atoms with Crippen molar-refractivity contribution >= 4 is 56.5 Å². The molecule has 5 nitrogen and oxygen atoms in total. The maximum atomic E-state index is 12.9. The SMILES string of the molecule is O=S(=O)(O)C(c1ccc(O)cc1)(c1cccc(Cl)c1)c1cc(O)c(Cl)c(Cl)c1Cl. The minimum atomic E-state index is -5.02. The van der Waals surface area contributed by atoms with Crippen molar-refractivity contribution in [2.75, 3.05) is 0 Å². The summed E-state index contributed by atoms with van der Waals surface area (Å²) in [5, 5.41) is 19.2. The van der Waals surface area contributed by atoms with Gasteiger partial charge in [-0.05, 0) is 41.5 Å². The number of phenolic OH excluding ortho intramolecular Hbond substituents is 2. The Morgan fingerprint density at radius 3 is 1.93 bits per heavy atom. The smallest absolute Gasteiger partial charge is 0.283 e. The summed E-state index contributed by atoms with van der Waals surface area (Å²) in [5.41, 5.74) is -0.209. The molecule has 3 aromatic carbocycles. The Balaban J connectivity index is 2.59. The predicted octanol–water partition coefficient (Wildman–Crippen LogP) is 5.89. The number of hydrogen-bond donors (Lipinski definition) is 3. The molecule has 0 bridgehead atoms. The molecule has 3 aromatic rings. The highest BCUT2D eigenvalue weighted by Gasteiger charge is 2.50. The molecule has 0 aliphatic rings. The fourth-order valence-electron chi connectivity index (χ4n) is 3.16. The van der Waals surface area contributed by atoms with Crippen LogP contribution < -0.4 is 0 Å². The highest BCUT2D eigenvalue weighted by molar-refractivity contribution is 7.87. The molecule has 10 heteroatoms. The average Bonchev–Trinajstić information content (AvgIpc) is 2.65. The molecular weight excluding hydrogens is 482 g/mol. The molecule has 152 valence electrons. The van der Waals surface area contributed by atoms with Gasteiger partial charge in [-0.1, -0.05) is 70.7 Å². The molecule has 29 heavy (non-hydrogen) atoms. The summed E-state index contributed by atoms with van der Waals surface area (Å²) < 4.78 is 34.0. The number of aromatic hydroxyl groups is 2. The number of phenols is 2. The van der Waals surface area contributed by atoms with Crippen molar-refractivity contribution in [3.05, 3.63) is 91.4 Å². The molecule has 0 amide bonds. The molecule has 0 heterocycles. The van der Waals surface area contributed by atoms with E-state index < -0.39 is 20.6 Å². The van der Waals surface area contributed by atoms with Gasteiger partial charge < -0.3 is 10.2 Å². The Kier molecular flexibility index (Phi) is 5.98. The molecule has 1 atom stereocenters. The number of rotatable bonds is 4. The Morgan fingerprint density at radius 1 is 0.759 bits per heavy atom. The lowest BCUT2D eigenvalue weighted by molar-refractivity contribution is 0.455. The normalized spacial score (nSPS) is 13.8. The minimum Gasteiger partial charge on any atom is -0.508 e. The largest absolute Gasteiger partial charge is 0.508 e. The first-order valence-electron chi connectivity index (χ1n) is 7.89. The highest BCUT2D eigenvalue weighted by atomic mass is 35.5. The topological polar surface area (TPSA) is 94.8 Å². The highest BCUT2D eigenvalue weighted by Crippen LogP contribution is 2.51. The third-order valence-electron chi connectivity index (χ3n) is 4.40. The van der Waals surface area contributed by atoms with Gasteiger partial charge in [-0.2, -0.15) is 8.42 Å². The third-order valence-corrected chi connectivity index (χ3v) is 7.45. The molecule has 0 aliphatic heterocycles. The molecule has 0 aliphatic carbocycles. The van der Waals surface area contributed by atoms with Crippen molar-refractivity contribution in [1.29, 1.82) is 0 Å². The van der Waals surface area contributed by atoms with Crippen LogP contribution in [-0.2, 0) is 14.9 Å². The van der Waals surface area contributed by atoms with E-state index in [-0.39, 0.29) is 42.5 Å². The van der Waals surface area contributed by atoms with E-state index in [0.717, 1.165) is 6.07 Å². The second-order valence-electron chi connectivity index (χ2n) is 6.10. The first-order chi connectivity index (χ1) is 13.5. The van der Waals surface area contributed by atoms with Gasteiger partial charge in [-0.3, -0.25) is 4.55 Å².